The fourth-order valence-corrected chi connectivity index (χ4v) is 2.42. The van der Waals surface area contributed by atoms with Crippen LogP contribution in [0.1, 0.15) is 15.9 Å². The molecule has 2 aromatic carbocycles. The number of hydrogen-bond donors (Lipinski definition) is 2. The average molecular weight is 356 g/mol. The van der Waals surface area contributed by atoms with Crippen molar-refractivity contribution in [3.8, 4) is 5.69 Å². The molecular weight excluding hydrogens is 342 g/mol. The van der Waals surface area contributed by atoms with Crippen molar-refractivity contribution in [3.63, 3.8) is 0 Å². The Bertz CT molecular complexity index is 1030. The number of carbonyl (C=O) groups excluding carboxylic acids is 1. The number of benzene rings is 2. The molecule has 0 saturated heterocycles. The van der Waals surface area contributed by atoms with Crippen LogP contribution in [-0.4, -0.2) is 15.5 Å². The average Bonchev–Trinajstić information content (AvgIpc) is 2.58. The van der Waals surface area contributed by atoms with E-state index in [4.69, 9.17) is 11.6 Å². The van der Waals surface area contributed by atoms with Gasteiger partial charge < -0.3 is 10.3 Å². The molecule has 1 amide bonds. The third kappa shape index (κ3) is 3.54. The number of aromatic amines is 1. The molecule has 0 atom stereocenters. The predicted molar refractivity (Wildman–Crippen MR) is 96.8 cm³/mol. The lowest BCUT2D eigenvalue weighted by atomic mass is 10.2. The largest absolute Gasteiger partial charge is 0.333 e. The van der Waals surface area contributed by atoms with Crippen molar-refractivity contribution < 1.29 is 4.79 Å². The maximum absolute atomic E-state index is 12.6. The van der Waals surface area contributed by atoms with E-state index in [0.29, 0.717) is 16.4 Å². The van der Waals surface area contributed by atoms with E-state index in [1.54, 1.807) is 24.3 Å². The Morgan fingerprint density at radius 3 is 2.32 bits per heavy atom. The number of amides is 1. The molecule has 0 aliphatic carbocycles. The third-order valence-electron chi connectivity index (χ3n) is 3.62. The Morgan fingerprint density at radius 1 is 1.04 bits per heavy atom. The molecule has 25 heavy (non-hydrogen) atoms. The summed E-state index contributed by atoms with van der Waals surface area (Å²) in [5.74, 6) is -0.604. The van der Waals surface area contributed by atoms with Gasteiger partial charge in [0.05, 0.1) is 5.69 Å². The maximum Gasteiger partial charge on any atom is 0.333 e. The van der Waals surface area contributed by atoms with Gasteiger partial charge in [-0.1, -0.05) is 29.3 Å². The molecule has 3 rings (SSSR count). The van der Waals surface area contributed by atoms with Crippen molar-refractivity contribution in [2.45, 2.75) is 6.92 Å². The van der Waals surface area contributed by atoms with Gasteiger partial charge in [-0.05, 0) is 43.3 Å². The van der Waals surface area contributed by atoms with Crippen LogP contribution in [0.4, 0.5) is 5.69 Å². The van der Waals surface area contributed by atoms with E-state index in [9.17, 15) is 14.4 Å². The number of H-pyrrole nitrogens is 1. The van der Waals surface area contributed by atoms with E-state index in [1.807, 2.05) is 19.1 Å². The summed E-state index contributed by atoms with van der Waals surface area (Å²) >= 11 is 5.82. The lowest BCUT2D eigenvalue weighted by Gasteiger charge is -2.08. The maximum atomic E-state index is 12.6. The van der Waals surface area contributed by atoms with Crippen molar-refractivity contribution in [2.75, 3.05) is 5.32 Å². The molecule has 126 valence electrons. The fourth-order valence-electron chi connectivity index (χ4n) is 2.30. The van der Waals surface area contributed by atoms with E-state index in [0.717, 1.165) is 16.3 Å². The molecule has 6 nitrogen and oxygen atoms in total. The number of aryl methyl sites for hydroxylation is 1. The smallest absolute Gasteiger partial charge is 0.322 e. The van der Waals surface area contributed by atoms with Crippen LogP contribution in [0.25, 0.3) is 5.69 Å². The van der Waals surface area contributed by atoms with Gasteiger partial charge in [-0.15, -0.1) is 0 Å². The molecule has 0 radical (unpaired) electrons. The fraction of sp³-hybridized carbons (Fsp3) is 0.0556. The van der Waals surface area contributed by atoms with Crippen molar-refractivity contribution >= 4 is 23.2 Å². The van der Waals surface area contributed by atoms with Gasteiger partial charge in [0.2, 0.25) is 0 Å². The summed E-state index contributed by atoms with van der Waals surface area (Å²) in [5.41, 5.74) is 0.400. The van der Waals surface area contributed by atoms with Crippen molar-refractivity contribution in [2.24, 2.45) is 0 Å². The van der Waals surface area contributed by atoms with Gasteiger partial charge in [-0.25, -0.2) is 9.36 Å². The zero-order valence-corrected chi connectivity index (χ0v) is 14.0. The Kier molecular flexibility index (Phi) is 4.54. The van der Waals surface area contributed by atoms with E-state index >= 15 is 0 Å². The molecule has 0 saturated carbocycles. The van der Waals surface area contributed by atoms with Crippen LogP contribution >= 0.6 is 11.6 Å². The van der Waals surface area contributed by atoms with Gasteiger partial charge in [-0.2, -0.15) is 0 Å². The monoisotopic (exact) mass is 355 g/mol. The lowest BCUT2D eigenvalue weighted by Crippen LogP contribution is -2.38. The summed E-state index contributed by atoms with van der Waals surface area (Å²) in [4.78, 5) is 39.5. The molecule has 0 aliphatic rings. The molecule has 0 aliphatic heterocycles. The Labute approximate surface area is 147 Å². The summed E-state index contributed by atoms with van der Waals surface area (Å²) in [6.07, 6.45) is 1.11. The van der Waals surface area contributed by atoms with E-state index in [1.165, 1.54) is 12.1 Å². The van der Waals surface area contributed by atoms with Gasteiger partial charge in [0, 0.05) is 16.9 Å². The number of anilines is 1. The predicted octanol–water partition coefficient (Wildman–Crippen LogP) is 2.74. The number of carbonyl (C=O) groups is 1. The number of halogens is 1. The summed E-state index contributed by atoms with van der Waals surface area (Å²) in [5, 5.41) is 3.11. The molecule has 0 spiro atoms. The zero-order valence-electron chi connectivity index (χ0n) is 13.2. The standard InChI is InChI=1S/C18H14ClN3O3/c1-11-2-6-13(7-3-11)21-16(23)15-10-20-18(25)22(17(15)24)14-8-4-12(19)5-9-14/h2-10H,1H3,(H,20,25)(H,21,23). The SMILES string of the molecule is Cc1ccc(NC(=O)c2c[nH]c(=O)n(-c3ccc(Cl)cc3)c2=O)cc1. The number of nitrogens with one attached hydrogen (secondary N) is 2. The van der Waals surface area contributed by atoms with Crippen LogP contribution in [0, 0.1) is 6.92 Å². The summed E-state index contributed by atoms with van der Waals surface area (Å²) in [6, 6.07) is 13.3. The summed E-state index contributed by atoms with van der Waals surface area (Å²) in [6.45, 7) is 1.93. The first-order chi connectivity index (χ1) is 12.0. The highest BCUT2D eigenvalue weighted by Gasteiger charge is 2.16. The molecule has 0 bridgehead atoms. The summed E-state index contributed by atoms with van der Waals surface area (Å²) in [7, 11) is 0. The normalized spacial score (nSPS) is 10.5. The van der Waals surface area contributed by atoms with Crippen molar-refractivity contribution in [3.05, 3.63) is 91.7 Å². The Hall–Kier alpha value is -3.12. The molecule has 3 aromatic rings. The number of rotatable bonds is 3. The highest BCUT2D eigenvalue weighted by atomic mass is 35.5. The highest BCUT2D eigenvalue weighted by molar-refractivity contribution is 6.30. The Balaban J connectivity index is 2.00. The number of hydrogen-bond acceptors (Lipinski definition) is 3. The molecule has 2 N–H and O–H groups in total. The molecular formula is C18H14ClN3O3. The molecule has 1 heterocycles. The minimum atomic E-state index is -0.712. The van der Waals surface area contributed by atoms with E-state index in [-0.39, 0.29) is 5.56 Å². The van der Waals surface area contributed by atoms with Crippen LogP contribution in [0.3, 0.4) is 0 Å². The van der Waals surface area contributed by atoms with E-state index < -0.39 is 17.2 Å². The van der Waals surface area contributed by atoms with Crippen LogP contribution in [-0.2, 0) is 0 Å². The first-order valence-corrected chi connectivity index (χ1v) is 7.82. The number of nitrogens with zero attached hydrogens (tertiary/aromatic N) is 1. The first kappa shape index (κ1) is 16.7. The van der Waals surface area contributed by atoms with Gasteiger partial charge in [0.25, 0.3) is 11.5 Å². The van der Waals surface area contributed by atoms with Crippen LogP contribution < -0.4 is 16.6 Å². The Morgan fingerprint density at radius 2 is 1.68 bits per heavy atom. The first-order valence-electron chi connectivity index (χ1n) is 7.44. The van der Waals surface area contributed by atoms with Gasteiger partial charge in [0.1, 0.15) is 5.56 Å². The summed E-state index contributed by atoms with van der Waals surface area (Å²) < 4.78 is 0.889. The van der Waals surface area contributed by atoms with Gasteiger partial charge in [0.15, 0.2) is 0 Å². The van der Waals surface area contributed by atoms with Crippen molar-refractivity contribution in [1.29, 1.82) is 0 Å². The highest BCUT2D eigenvalue weighted by Crippen LogP contribution is 2.12. The minimum absolute atomic E-state index is 0.171. The van der Waals surface area contributed by atoms with Crippen LogP contribution in [0.2, 0.25) is 5.02 Å². The number of aromatic nitrogens is 2. The second kappa shape index (κ2) is 6.78. The quantitative estimate of drug-likeness (QED) is 0.757. The molecule has 1 aromatic heterocycles. The van der Waals surface area contributed by atoms with Crippen molar-refractivity contribution in [1.82, 2.24) is 9.55 Å². The van der Waals surface area contributed by atoms with E-state index in [2.05, 4.69) is 10.3 Å². The topological polar surface area (TPSA) is 84.0 Å². The second-order valence-electron chi connectivity index (χ2n) is 5.44. The lowest BCUT2D eigenvalue weighted by molar-refractivity contribution is 0.102. The zero-order chi connectivity index (χ0) is 18.0. The van der Waals surface area contributed by atoms with Gasteiger partial charge >= 0.3 is 5.69 Å². The third-order valence-corrected chi connectivity index (χ3v) is 3.87. The minimum Gasteiger partial charge on any atom is -0.322 e. The second-order valence-corrected chi connectivity index (χ2v) is 5.88. The molecule has 0 unspecified atom stereocenters. The molecule has 7 heteroatoms. The molecule has 0 fully saturated rings. The van der Waals surface area contributed by atoms with Crippen LogP contribution in [0.5, 0.6) is 0 Å². The van der Waals surface area contributed by atoms with Crippen LogP contribution in [0.15, 0.2) is 64.3 Å². The van der Waals surface area contributed by atoms with Gasteiger partial charge in [-0.3, -0.25) is 9.59 Å².